The molecule has 0 spiro atoms. The van der Waals surface area contributed by atoms with E-state index in [1.54, 1.807) is 6.07 Å². The largest absolute Gasteiger partial charge is 0.369 e. The summed E-state index contributed by atoms with van der Waals surface area (Å²) in [5, 5.41) is 0.438. The molecule has 9 heteroatoms. The number of guanidine groups is 1. The molecule has 1 aromatic heterocycles. The Labute approximate surface area is 128 Å². The second-order valence-electron chi connectivity index (χ2n) is 4.05. The maximum Gasteiger partial charge on any atom is 0.240 e. The summed E-state index contributed by atoms with van der Waals surface area (Å²) in [6.07, 6.45) is 1.47. The van der Waals surface area contributed by atoms with E-state index in [9.17, 15) is 8.42 Å². The van der Waals surface area contributed by atoms with Gasteiger partial charge in [-0.1, -0.05) is 17.7 Å². The Balaban J connectivity index is 2.69. The minimum absolute atomic E-state index is 0.0771. The van der Waals surface area contributed by atoms with Crippen LogP contribution in [0.2, 0.25) is 5.02 Å². The van der Waals surface area contributed by atoms with Gasteiger partial charge in [-0.15, -0.1) is 17.9 Å². The summed E-state index contributed by atoms with van der Waals surface area (Å²) in [5.74, 6) is -0.320. The molecule has 0 bridgehead atoms. The molecule has 2 heterocycles. The van der Waals surface area contributed by atoms with Crippen LogP contribution in [0.4, 0.5) is 0 Å². The third-order valence-electron chi connectivity index (χ3n) is 2.84. The predicted molar refractivity (Wildman–Crippen MR) is 82.1 cm³/mol. The molecule has 19 heavy (non-hydrogen) atoms. The van der Waals surface area contributed by atoms with Crippen LogP contribution in [-0.4, -0.2) is 31.5 Å². The van der Waals surface area contributed by atoms with Gasteiger partial charge < -0.3 is 5.73 Å². The number of halogens is 2. The number of sulfonamides is 1. The quantitative estimate of drug-likeness (QED) is 0.794. The first-order chi connectivity index (χ1) is 8.72. The van der Waals surface area contributed by atoms with Crippen LogP contribution < -0.4 is 5.73 Å². The van der Waals surface area contributed by atoms with Crippen molar-refractivity contribution in [1.82, 2.24) is 4.31 Å². The summed E-state index contributed by atoms with van der Waals surface area (Å²) < 4.78 is 26.0. The van der Waals surface area contributed by atoms with E-state index in [2.05, 4.69) is 27.5 Å². The highest BCUT2D eigenvalue weighted by atomic mass is 79.9. The summed E-state index contributed by atoms with van der Waals surface area (Å²) in [5.41, 5.74) is 4.56. The molecule has 0 unspecified atom stereocenters. The predicted octanol–water partition coefficient (Wildman–Crippen LogP) is 2.14. The third-order valence-corrected chi connectivity index (χ3v) is 6.89. The zero-order valence-corrected chi connectivity index (χ0v) is 13.9. The molecular weight excluding hydrogens is 374 g/mol. The fourth-order valence-electron chi connectivity index (χ4n) is 1.77. The SMILES string of the molecule is C=C[C@@]1(c2sc(Br)cc2Cl)CS(=O)(=O)N(C)C(N)=N1. The molecule has 1 atom stereocenters. The standard InChI is InChI=1S/C10H11BrClN3O2S2/c1-3-10(8-6(12)4-7(11)18-8)5-19(16,17)15(2)9(13)14-10/h3-4H,1,5H2,2H3,(H2,13,14)/t10-/m0/s1. The smallest absolute Gasteiger partial charge is 0.240 e. The van der Waals surface area contributed by atoms with E-state index < -0.39 is 15.6 Å². The Bertz CT molecular complexity index is 670. The molecule has 0 aromatic carbocycles. The molecule has 0 saturated heterocycles. The maximum absolute atomic E-state index is 12.1. The van der Waals surface area contributed by atoms with E-state index >= 15 is 0 Å². The number of hydrogen-bond acceptors (Lipinski definition) is 5. The Morgan fingerprint density at radius 3 is 2.79 bits per heavy atom. The van der Waals surface area contributed by atoms with Gasteiger partial charge >= 0.3 is 0 Å². The van der Waals surface area contributed by atoms with Crippen molar-refractivity contribution in [2.45, 2.75) is 5.54 Å². The number of nitrogens with zero attached hydrogens (tertiary/aromatic N) is 2. The van der Waals surface area contributed by atoms with Gasteiger partial charge in [0.05, 0.1) is 13.7 Å². The fourth-order valence-corrected chi connectivity index (χ4v) is 5.47. The zero-order chi connectivity index (χ0) is 14.4. The van der Waals surface area contributed by atoms with E-state index in [0.29, 0.717) is 9.90 Å². The minimum Gasteiger partial charge on any atom is -0.369 e. The topological polar surface area (TPSA) is 75.8 Å². The van der Waals surface area contributed by atoms with Crippen LogP contribution in [0.3, 0.4) is 0 Å². The van der Waals surface area contributed by atoms with Crippen molar-refractivity contribution >= 4 is 54.9 Å². The summed E-state index contributed by atoms with van der Waals surface area (Å²) in [6.45, 7) is 3.70. The Morgan fingerprint density at radius 2 is 2.37 bits per heavy atom. The Morgan fingerprint density at radius 1 is 1.74 bits per heavy atom. The monoisotopic (exact) mass is 383 g/mol. The van der Waals surface area contributed by atoms with Gasteiger partial charge in [0, 0.05) is 7.05 Å². The normalized spacial score (nSPS) is 26.1. The van der Waals surface area contributed by atoms with Gasteiger partial charge in [0.15, 0.2) is 0 Å². The lowest BCUT2D eigenvalue weighted by molar-refractivity contribution is 0.506. The summed E-state index contributed by atoms with van der Waals surface area (Å²) >= 11 is 10.8. The van der Waals surface area contributed by atoms with E-state index in [-0.39, 0.29) is 11.7 Å². The van der Waals surface area contributed by atoms with Gasteiger partial charge in [0.25, 0.3) is 0 Å². The van der Waals surface area contributed by atoms with E-state index in [1.807, 2.05) is 0 Å². The molecule has 1 aromatic rings. The van der Waals surface area contributed by atoms with Crippen molar-refractivity contribution in [2.75, 3.05) is 12.8 Å². The molecule has 0 aliphatic carbocycles. The van der Waals surface area contributed by atoms with Crippen LogP contribution in [0.1, 0.15) is 4.88 Å². The Kier molecular flexibility index (Phi) is 3.72. The molecule has 104 valence electrons. The summed E-state index contributed by atoms with van der Waals surface area (Å²) in [4.78, 5) is 4.89. The van der Waals surface area contributed by atoms with Gasteiger partial charge in [0.2, 0.25) is 16.0 Å². The van der Waals surface area contributed by atoms with E-state index in [1.165, 1.54) is 24.5 Å². The van der Waals surface area contributed by atoms with Gasteiger partial charge in [-0.3, -0.25) is 0 Å². The van der Waals surface area contributed by atoms with Crippen LogP contribution in [0.25, 0.3) is 0 Å². The molecular formula is C10H11BrClN3O2S2. The van der Waals surface area contributed by atoms with Gasteiger partial charge in [-0.2, -0.15) is 0 Å². The average Bonchev–Trinajstić information content (AvgIpc) is 2.65. The van der Waals surface area contributed by atoms with Crippen LogP contribution in [-0.2, 0) is 15.6 Å². The summed E-state index contributed by atoms with van der Waals surface area (Å²) in [7, 11) is -2.18. The average molecular weight is 385 g/mol. The van der Waals surface area contributed by atoms with Crippen LogP contribution >= 0.6 is 38.9 Å². The molecule has 0 fully saturated rings. The van der Waals surface area contributed by atoms with Crippen molar-refractivity contribution < 1.29 is 8.42 Å². The van der Waals surface area contributed by atoms with Crippen LogP contribution in [0.5, 0.6) is 0 Å². The number of nitrogens with two attached hydrogens (primary N) is 1. The number of thiophene rings is 1. The molecule has 0 radical (unpaired) electrons. The van der Waals surface area contributed by atoms with Crippen molar-refractivity contribution in [2.24, 2.45) is 10.7 Å². The van der Waals surface area contributed by atoms with Crippen molar-refractivity contribution in [3.8, 4) is 0 Å². The molecule has 1 aliphatic heterocycles. The van der Waals surface area contributed by atoms with Crippen LogP contribution in [0, 0.1) is 0 Å². The fraction of sp³-hybridized carbons (Fsp3) is 0.300. The van der Waals surface area contributed by atoms with Crippen molar-refractivity contribution in [3.05, 3.63) is 32.4 Å². The molecule has 0 saturated carbocycles. The van der Waals surface area contributed by atoms with Gasteiger partial charge in [-0.05, 0) is 22.0 Å². The number of hydrogen-bond donors (Lipinski definition) is 1. The zero-order valence-electron chi connectivity index (χ0n) is 9.93. The minimum atomic E-state index is -3.55. The lowest BCUT2D eigenvalue weighted by Crippen LogP contribution is -2.50. The lowest BCUT2D eigenvalue weighted by Gasteiger charge is -2.34. The first kappa shape index (κ1) is 14.8. The van der Waals surface area contributed by atoms with Gasteiger partial charge in [0.1, 0.15) is 11.3 Å². The molecule has 2 N–H and O–H groups in total. The van der Waals surface area contributed by atoms with Crippen LogP contribution in [0.15, 0.2) is 27.5 Å². The van der Waals surface area contributed by atoms with E-state index in [4.69, 9.17) is 17.3 Å². The molecule has 5 nitrogen and oxygen atoms in total. The second-order valence-corrected chi connectivity index (χ2v) is 8.89. The van der Waals surface area contributed by atoms with Crippen molar-refractivity contribution in [1.29, 1.82) is 0 Å². The highest BCUT2D eigenvalue weighted by Gasteiger charge is 2.43. The molecule has 2 rings (SSSR count). The highest BCUT2D eigenvalue weighted by molar-refractivity contribution is 9.11. The molecule has 1 aliphatic rings. The summed E-state index contributed by atoms with van der Waals surface area (Å²) in [6, 6.07) is 1.70. The first-order valence-electron chi connectivity index (χ1n) is 5.13. The maximum atomic E-state index is 12.1. The van der Waals surface area contributed by atoms with E-state index in [0.717, 1.165) is 8.09 Å². The third kappa shape index (κ3) is 2.42. The van der Waals surface area contributed by atoms with Crippen molar-refractivity contribution in [3.63, 3.8) is 0 Å². The number of aliphatic imine (C=N–C) groups is 1. The van der Waals surface area contributed by atoms with Gasteiger partial charge in [-0.25, -0.2) is 17.7 Å². The lowest BCUT2D eigenvalue weighted by atomic mass is 10.0. The second kappa shape index (κ2) is 4.76. The first-order valence-corrected chi connectivity index (χ1v) is 8.72. The highest BCUT2D eigenvalue weighted by Crippen LogP contribution is 2.43. The Hall–Kier alpha value is -0.570. The molecule has 0 amide bonds. The number of rotatable bonds is 2.